The van der Waals surface area contributed by atoms with E-state index in [0.717, 1.165) is 24.9 Å². The Labute approximate surface area is 131 Å². The molecule has 0 radical (unpaired) electrons. The Morgan fingerprint density at radius 1 is 1.27 bits per heavy atom. The fourth-order valence-corrected chi connectivity index (χ4v) is 4.07. The van der Waals surface area contributed by atoms with Crippen LogP contribution in [0.4, 0.5) is 5.69 Å². The predicted molar refractivity (Wildman–Crippen MR) is 86.8 cm³/mol. The van der Waals surface area contributed by atoms with Crippen molar-refractivity contribution < 1.29 is 4.79 Å². The number of carbonyl (C=O) groups is 1. The Morgan fingerprint density at radius 2 is 2.14 bits per heavy atom. The molecule has 1 spiro atoms. The number of fused-ring (bicyclic) bond motifs is 2. The summed E-state index contributed by atoms with van der Waals surface area (Å²) in [6, 6.07) is 12.5. The Kier molecular flexibility index (Phi) is 3.03. The number of anilines is 1. The highest BCUT2D eigenvalue weighted by Crippen LogP contribution is 2.60. The second-order valence-corrected chi connectivity index (χ2v) is 6.53. The van der Waals surface area contributed by atoms with Crippen molar-refractivity contribution in [2.75, 3.05) is 11.9 Å². The molecule has 0 unspecified atom stereocenters. The van der Waals surface area contributed by atoms with Crippen molar-refractivity contribution in [3.05, 3.63) is 59.9 Å². The summed E-state index contributed by atoms with van der Waals surface area (Å²) >= 11 is 0. The summed E-state index contributed by atoms with van der Waals surface area (Å²) in [5, 5.41) is 0. The van der Waals surface area contributed by atoms with Crippen molar-refractivity contribution in [3.63, 3.8) is 0 Å². The Morgan fingerprint density at radius 3 is 2.95 bits per heavy atom. The quantitative estimate of drug-likeness (QED) is 0.850. The number of aromatic nitrogens is 1. The number of amides is 1. The maximum Gasteiger partial charge on any atom is 0.230 e. The van der Waals surface area contributed by atoms with Gasteiger partial charge >= 0.3 is 0 Å². The number of pyridine rings is 1. The largest absolute Gasteiger partial charge is 0.314 e. The minimum absolute atomic E-state index is 0.0996. The summed E-state index contributed by atoms with van der Waals surface area (Å²) in [6.45, 7) is 0. The lowest BCUT2D eigenvalue weighted by Crippen LogP contribution is -2.32. The number of hydrogen-bond acceptors (Lipinski definition) is 2. The third kappa shape index (κ3) is 1.96. The SMILES string of the molecule is CN(C(=O)[C@H]1C[C@@]12CCCc1ccccc12)c1cccnc1. The van der Waals surface area contributed by atoms with Crippen LogP contribution in [-0.4, -0.2) is 17.9 Å². The van der Waals surface area contributed by atoms with E-state index in [1.54, 1.807) is 17.3 Å². The number of benzene rings is 1. The normalized spacial score (nSPS) is 25.6. The standard InChI is InChI=1S/C19H20N2O/c1-21(15-8-5-11-20-13-15)18(22)17-12-19(17)10-4-7-14-6-2-3-9-16(14)19/h2-3,5-6,8-9,11,13,17H,4,7,10,12H2,1H3/t17-,19-/m1/s1. The highest BCUT2D eigenvalue weighted by molar-refractivity contribution is 5.97. The first-order valence-electron chi connectivity index (χ1n) is 7.98. The summed E-state index contributed by atoms with van der Waals surface area (Å²) in [5.74, 6) is 0.351. The second-order valence-electron chi connectivity index (χ2n) is 6.53. The molecule has 3 nitrogen and oxygen atoms in total. The zero-order valence-electron chi connectivity index (χ0n) is 12.8. The molecule has 2 aliphatic carbocycles. The Balaban J connectivity index is 1.61. The molecule has 4 rings (SSSR count). The van der Waals surface area contributed by atoms with Crippen molar-refractivity contribution >= 4 is 11.6 Å². The first kappa shape index (κ1) is 13.5. The van der Waals surface area contributed by atoms with Crippen LogP contribution in [0.25, 0.3) is 0 Å². The van der Waals surface area contributed by atoms with E-state index >= 15 is 0 Å². The maximum atomic E-state index is 12.9. The fraction of sp³-hybridized carbons (Fsp3) is 0.368. The summed E-state index contributed by atoms with van der Waals surface area (Å²) in [4.78, 5) is 18.8. The molecule has 1 amide bonds. The molecule has 0 bridgehead atoms. The molecular weight excluding hydrogens is 272 g/mol. The van der Waals surface area contributed by atoms with Crippen molar-refractivity contribution in [1.82, 2.24) is 4.98 Å². The van der Waals surface area contributed by atoms with Gasteiger partial charge in [-0.25, -0.2) is 0 Å². The van der Waals surface area contributed by atoms with Crippen molar-refractivity contribution in [1.29, 1.82) is 0 Å². The van der Waals surface area contributed by atoms with Crippen LogP contribution in [0, 0.1) is 5.92 Å². The topological polar surface area (TPSA) is 33.2 Å². The first-order valence-corrected chi connectivity index (χ1v) is 7.98. The van der Waals surface area contributed by atoms with Gasteiger partial charge in [-0.2, -0.15) is 0 Å². The monoisotopic (exact) mass is 292 g/mol. The molecule has 1 heterocycles. The lowest BCUT2D eigenvalue weighted by atomic mass is 9.78. The van der Waals surface area contributed by atoms with Crippen molar-refractivity contribution in [2.45, 2.75) is 31.1 Å². The molecule has 0 saturated heterocycles. The van der Waals surface area contributed by atoms with Gasteiger partial charge in [0, 0.05) is 24.6 Å². The summed E-state index contributed by atoms with van der Waals surface area (Å²) in [6.07, 6.45) is 7.96. The zero-order valence-corrected chi connectivity index (χ0v) is 12.8. The van der Waals surface area contributed by atoms with Crippen LogP contribution in [0.3, 0.4) is 0 Å². The molecule has 1 aromatic heterocycles. The average molecular weight is 292 g/mol. The van der Waals surface area contributed by atoms with E-state index in [4.69, 9.17) is 0 Å². The number of rotatable bonds is 2. The van der Waals surface area contributed by atoms with E-state index in [2.05, 4.69) is 29.2 Å². The van der Waals surface area contributed by atoms with E-state index in [-0.39, 0.29) is 17.2 Å². The minimum atomic E-state index is 0.0996. The molecule has 22 heavy (non-hydrogen) atoms. The van der Waals surface area contributed by atoms with Crippen LogP contribution in [0.15, 0.2) is 48.8 Å². The second kappa shape index (κ2) is 4.94. The number of aryl methyl sites for hydroxylation is 1. The molecular formula is C19H20N2O. The van der Waals surface area contributed by atoms with Gasteiger partial charge in [-0.1, -0.05) is 24.3 Å². The molecule has 2 atom stereocenters. The van der Waals surface area contributed by atoms with Crippen molar-refractivity contribution in [3.8, 4) is 0 Å². The molecule has 0 aliphatic heterocycles. The lowest BCUT2D eigenvalue weighted by Gasteiger charge is -2.27. The van der Waals surface area contributed by atoms with Gasteiger partial charge in [0.15, 0.2) is 0 Å². The van der Waals surface area contributed by atoms with E-state index in [9.17, 15) is 4.79 Å². The van der Waals surface area contributed by atoms with E-state index in [0.29, 0.717) is 0 Å². The minimum Gasteiger partial charge on any atom is -0.314 e. The highest BCUT2D eigenvalue weighted by atomic mass is 16.2. The van der Waals surface area contributed by atoms with Gasteiger partial charge < -0.3 is 4.90 Å². The first-order chi connectivity index (χ1) is 10.7. The Hall–Kier alpha value is -2.16. The van der Waals surface area contributed by atoms with Gasteiger partial charge in [0.2, 0.25) is 5.91 Å². The Bertz CT molecular complexity index is 712. The maximum absolute atomic E-state index is 12.9. The summed E-state index contributed by atoms with van der Waals surface area (Å²) in [7, 11) is 1.86. The van der Waals surface area contributed by atoms with Crippen molar-refractivity contribution in [2.24, 2.45) is 5.92 Å². The third-order valence-corrected chi connectivity index (χ3v) is 5.36. The third-order valence-electron chi connectivity index (χ3n) is 5.36. The van der Waals surface area contributed by atoms with Crippen LogP contribution in [0.5, 0.6) is 0 Å². The van der Waals surface area contributed by atoms with Crippen LogP contribution in [-0.2, 0) is 16.6 Å². The van der Waals surface area contributed by atoms with Crippen LogP contribution < -0.4 is 4.90 Å². The zero-order chi connectivity index (χ0) is 15.2. The molecule has 2 aromatic rings. The van der Waals surface area contributed by atoms with Gasteiger partial charge in [-0.15, -0.1) is 0 Å². The van der Waals surface area contributed by atoms with Gasteiger partial charge in [0.1, 0.15) is 0 Å². The number of hydrogen-bond donors (Lipinski definition) is 0. The smallest absolute Gasteiger partial charge is 0.230 e. The number of carbonyl (C=O) groups excluding carboxylic acids is 1. The van der Waals surface area contributed by atoms with Gasteiger partial charge in [-0.3, -0.25) is 9.78 Å². The van der Waals surface area contributed by atoms with E-state index in [1.165, 1.54) is 17.5 Å². The predicted octanol–water partition coefficient (Wildman–Crippen LogP) is 3.34. The molecule has 1 aromatic carbocycles. The van der Waals surface area contributed by atoms with Crippen LogP contribution in [0.2, 0.25) is 0 Å². The molecule has 112 valence electrons. The molecule has 3 heteroatoms. The molecule has 1 fully saturated rings. The molecule has 1 saturated carbocycles. The summed E-state index contributed by atoms with van der Waals surface area (Å²) in [5.41, 5.74) is 3.83. The molecule has 2 aliphatic rings. The van der Waals surface area contributed by atoms with Gasteiger partial charge in [0.25, 0.3) is 0 Å². The van der Waals surface area contributed by atoms with Crippen LogP contribution >= 0.6 is 0 Å². The van der Waals surface area contributed by atoms with Gasteiger partial charge in [-0.05, 0) is 48.9 Å². The summed E-state index contributed by atoms with van der Waals surface area (Å²) < 4.78 is 0. The fourth-order valence-electron chi connectivity index (χ4n) is 4.07. The number of nitrogens with zero attached hydrogens (tertiary/aromatic N) is 2. The van der Waals surface area contributed by atoms with Crippen LogP contribution in [0.1, 0.15) is 30.4 Å². The molecule has 0 N–H and O–H groups in total. The van der Waals surface area contributed by atoms with E-state index in [1.807, 2.05) is 19.2 Å². The highest BCUT2D eigenvalue weighted by Gasteiger charge is 2.60. The van der Waals surface area contributed by atoms with E-state index < -0.39 is 0 Å². The lowest BCUT2D eigenvalue weighted by molar-refractivity contribution is -0.120. The van der Waals surface area contributed by atoms with Gasteiger partial charge in [0.05, 0.1) is 11.9 Å². The average Bonchev–Trinajstić information content (AvgIpc) is 3.29.